The van der Waals surface area contributed by atoms with Gasteiger partial charge in [0.05, 0.1) is 18.1 Å². The van der Waals surface area contributed by atoms with Crippen molar-refractivity contribution in [1.82, 2.24) is 0 Å². The highest BCUT2D eigenvalue weighted by atomic mass is 32.1. The van der Waals surface area contributed by atoms with Crippen LogP contribution in [0.15, 0.2) is 6.07 Å². The smallest absolute Gasteiger partial charge is 0.349 e. The van der Waals surface area contributed by atoms with Gasteiger partial charge in [0.1, 0.15) is 5.75 Å². The minimum absolute atomic E-state index is 0.261. The molecule has 0 aliphatic rings. The van der Waals surface area contributed by atoms with Crippen molar-refractivity contribution in [3.63, 3.8) is 0 Å². The number of nitrogens with zero attached hydrogens (tertiary/aromatic N) is 1. The third-order valence-electron chi connectivity index (χ3n) is 2.80. The second-order valence-corrected chi connectivity index (χ2v) is 6.15. The first kappa shape index (κ1) is 15.5. The van der Waals surface area contributed by atoms with Gasteiger partial charge in [0.25, 0.3) is 0 Å². The van der Waals surface area contributed by atoms with Crippen molar-refractivity contribution in [2.75, 3.05) is 6.61 Å². The molecule has 1 rings (SSSR count). The highest BCUT2D eigenvalue weighted by Gasteiger charge is 2.18. The average Bonchev–Trinajstić information content (AvgIpc) is 2.78. The van der Waals surface area contributed by atoms with Crippen LogP contribution in [-0.2, 0) is 6.42 Å². The van der Waals surface area contributed by atoms with Gasteiger partial charge in [0, 0.05) is 4.88 Å². The molecule has 0 aromatic carbocycles. The third-order valence-corrected chi connectivity index (χ3v) is 4.05. The summed E-state index contributed by atoms with van der Waals surface area (Å²) < 4.78 is 5.54. The van der Waals surface area contributed by atoms with Crippen LogP contribution < -0.4 is 4.74 Å². The van der Waals surface area contributed by atoms with Crippen LogP contribution in [0.4, 0.5) is 0 Å². The molecule has 0 atom stereocenters. The lowest BCUT2D eigenvalue weighted by molar-refractivity contribution is 0.0698. The molecule has 5 heteroatoms. The molecule has 0 radical (unpaired) electrons. The molecule has 1 aromatic heterocycles. The molecule has 1 aromatic rings. The number of aryl methyl sites for hydroxylation is 1. The maximum absolute atomic E-state index is 11.1. The normalized spacial score (nSPS) is 11.1. The van der Waals surface area contributed by atoms with Gasteiger partial charge in [-0.1, -0.05) is 6.92 Å². The molecule has 1 heterocycles. The number of thiophene rings is 1. The minimum Gasteiger partial charge on any atom is -0.492 e. The summed E-state index contributed by atoms with van der Waals surface area (Å²) in [4.78, 5) is 12.3. The fraction of sp³-hybridized carbons (Fsp3) is 0.571. The van der Waals surface area contributed by atoms with Gasteiger partial charge < -0.3 is 9.84 Å². The largest absolute Gasteiger partial charge is 0.492 e. The molecule has 0 unspecified atom stereocenters. The van der Waals surface area contributed by atoms with Crippen molar-refractivity contribution in [3.05, 3.63) is 15.8 Å². The summed E-state index contributed by atoms with van der Waals surface area (Å²) in [5.41, 5.74) is -0.359. The molecule has 19 heavy (non-hydrogen) atoms. The van der Waals surface area contributed by atoms with E-state index in [1.165, 1.54) is 11.3 Å². The molecule has 0 bridgehead atoms. The van der Waals surface area contributed by atoms with Crippen LogP contribution in [0.25, 0.3) is 0 Å². The molecular formula is C14H19NO3S. The van der Waals surface area contributed by atoms with Gasteiger partial charge in [-0.25, -0.2) is 4.79 Å². The van der Waals surface area contributed by atoms with Gasteiger partial charge in [-0.2, -0.15) is 5.26 Å². The Morgan fingerprint density at radius 1 is 1.58 bits per heavy atom. The summed E-state index contributed by atoms with van der Waals surface area (Å²) in [6.45, 7) is 6.19. The Balaban J connectivity index is 2.56. The Kier molecular flexibility index (Phi) is 5.37. The molecule has 0 aliphatic heterocycles. The topological polar surface area (TPSA) is 70.3 Å². The first-order chi connectivity index (χ1) is 8.89. The lowest BCUT2D eigenvalue weighted by Crippen LogP contribution is -2.10. The highest BCUT2D eigenvalue weighted by Crippen LogP contribution is 2.30. The fourth-order valence-electron chi connectivity index (χ4n) is 1.61. The van der Waals surface area contributed by atoms with E-state index in [0.717, 1.165) is 24.1 Å². The Labute approximate surface area is 117 Å². The van der Waals surface area contributed by atoms with Crippen molar-refractivity contribution >= 4 is 17.3 Å². The average molecular weight is 281 g/mol. The van der Waals surface area contributed by atoms with Gasteiger partial charge >= 0.3 is 5.97 Å². The number of carbonyl (C=O) groups is 1. The SMILES string of the molecule is CCc1cc(OCCCC(C)(C)C#N)c(C(=O)O)s1. The van der Waals surface area contributed by atoms with Gasteiger partial charge in [-0.15, -0.1) is 11.3 Å². The quantitative estimate of drug-likeness (QED) is 0.773. The number of hydrogen-bond donors (Lipinski definition) is 1. The van der Waals surface area contributed by atoms with Crippen LogP contribution in [0.3, 0.4) is 0 Å². The number of ether oxygens (including phenoxy) is 1. The summed E-state index contributed by atoms with van der Waals surface area (Å²) in [6.07, 6.45) is 2.27. The summed E-state index contributed by atoms with van der Waals surface area (Å²) >= 11 is 1.26. The number of nitriles is 1. The van der Waals surface area contributed by atoms with Gasteiger partial charge in [-0.3, -0.25) is 0 Å². The van der Waals surface area contributed by atoms with Crippen LogP contribution >= 0.6 is 11.3 Å². The molecule has 0 saturated carbocycles. The van der Waals surface area contributed by atoms with Gasteiger partial charge in [0.2, 0.25) is 0 Å². The summed E-state index contributed by atoms with van der Waals surface area (Å²) in [6, 6.07) is 4.03. The molecule has 104 valence electrons. The molecule has 4 nitrogen and oxygen atoms in total. The van der Waals surface area contributed by atoms with Crippen LogP contribution in [0, 0.1) is 16.7 Å². The van der Waals surface area contributed by atoms with E-state index in [-0.39, 0.29) is 10.3 Å². The zero-order chi connectivity index (χ0) is 14.5. The van der Waals surface area contributed by atoms with Crippen LogP contribution in [0.1, 0.15) is 48.2 Å². The van der Waals surface area contributed by atoms with Crippen LogP contribution in [0.5, 0.6) is 5.75 Å². The monoisotopic (exact) mass is 281 g/mol. The zero-order valence-corrected chi connectivity index (χ0v) is 12.3. The van der Waals surface area contributed by atoms with E-state index >= 15 is 0 Å². The van der Waals surface area contributed by atoms with Crippen LogP contribution in [0.2, 0.25) is 0 Å². The molecule has 0 aliphatic carbocycles. The molecular weight excluding hydrogens is 262 g/mol. The number of rotatable bonds is 7. The van der Waals surface area contributed by atoms with E-state index in [1.807, 2.05) is 20.8 Å². The zero-order valence-electron chi connectivity index (χ0n) is 11.5. The predicted molar refractivity (Wildman–Crippen MR) is 74.8 cm³/mol. The Hall–Kier alpha value is -1.54. The number of aromatic carboxylic acids is 1. The van der Waals surface area contributed by atoms with Gasteiger partial charge in [-0.05, 0) is 39.2 Å². The Bertz CT molecular complexity index is 485. The molecule has 0 spiro atoms. The predicted octanol–water partition coefficient (Wildman–Crippen LogP) is 3.72. The van der Waals surface area contributed by atoms with E-state index in [4.69, 9.17) is 15.1 Å². The number of carboxylic acid groups (broad SMARTS) is 1. The Morgan fingerprint density at radius 2 is 2.26 bits per heavy atom. The Morgan fingerprint density at radius 3 is 2.79 bits per heavy atom. The molecule has 0 fully saturated rings. The third kappa shape index (κ3) is 4.56. The first-order valence-electron chi connectivity index (χ1n) is 6.29. The summed E-state index contributed by atoms with van der Waals surface area (Å²) in [5, 5.41) is 18.0. The van der Waals surface area contributed by atoms with E-state index in [1.54, 1.807) is 6.07 Å². The number of hydrogen-bond acceptors (Lipinski definition) is 4. The fourth-order valence-corrected chi connectivity index (χ4v) is 2.48. The molecule has 1 N–H and O–H groups in total. The number of carboxylic acids is 1. The van der Waals surface area contributed by atoms with Gasteiger partial charge in [0.15, 0.2) is 4.88 Å². The summed E-state index contributed by atoms with van der Waals surface area (Å²) in [7, 11) is 0. The van der Waals surface area contributed by atoms with E-state index in [0.29, 0.717) is 12.4 Å². The van der Waals surface area contributed by atoms with Crippen molar-refractivity contribution in [2.45, 2.75) is 40.0 Å². The lowest BCUT2D eigenvalue weighted by Gasteiger charge is -2.14. The second-order valence-electron chi connectivity index (χ2n) is 5.01. The maximum atomic E-state index is 11.1. The van der Waals surface area contributed by atoms with Crippen molar-refractivity contribution < 1.29 is 14.6 Å². The van der Waals surface area contributed by atoms with E-state index in [9.17, 15) is 4.79 Å². The molecule has 0 amide bonds. The summed E-state index contributed by atoms with van der Waals surface area (Å²) in [5.74, 6) is -0.499. The highest BCUT2D eigenvalue weighted by molar-refractivity contribution is 7.14. The van der Waals surface area contributed by atoms with E-state index in [2.05, 4.69) is 6.07 Å². The minimum atomic E-state index is -0.947. The van der Waals surface area contributed by atoms with Crippen molar-refractivity contribution in [1.29, 1.82) is 5.26 Å². The second kappa shape index (κ2) is 6.58. The van der Waals surface area contributed by atoms with Crippen LogP contribution in [-0.4, -0.2) is 17.7 Å². The van der Waals surface area contributed by atoms with Crippen molar-refractivity contribution in [2.24, 2.45) is 5.41 Å². The lowest BCUT2D eigenvalue weighted by atomic mass is 9.90. The maximum Gasteiger partial charge on any atom is 0.349 e. The first-order valence-corrected chi connectivity index (χ1v) is 7.11. The standard InChI is InChI=1S/C14H19NO3S/c1-4-10-8-11(12(19-10)13(16)17)18-7-5-6-14(2,3)9-15/h8H,4-7H2,1-3H3,(H,16,17). The molecule has 0 saturated heterocycles. The van der Waals surface area contributed by atoms with E-state index < -0.39 is 5.97 Å². The van der Waals surface area contributed by atoms with Crippen molar-refractivity contribution in [3.8, 4) is 11.8 Å².